The van der Waals surface area contributed by atoms with Gasteiger partial charge in [-0.05, 0) is 17.9 Å². The molecule has 0 heterocycles. The molecule has 1 aromatic rings. The number of amides is 1. The normalized spacial score (nSPS) is 14.3. The molecule has 3 N–H and O–H groups in total. The van der Waals surface area contributed by atoms with E-state index < -0.39 is 0 Å². The number of rotatable bonds is 6. The molecule has 0 aromatic heterocycles. The fraction of sp³-hybridized carbons (Fsp3) is 0.533. The zero-order valence-corrected chi connectivity index (χ0v) is 11.5. The third-order valence-corrected chi connectivity index (χ3v) is 3.27. The molecule has 0 spiro atoms. The molecule has 0 fully saturated rings. The van der Waals surface area contributed by atoms with Crippen molar-refractivity contribution in [2.24, 2.45) is 17.6 Å². The maximum Gasteiger partial charge on any atom is 0.224 e. The molecular formula is C15H24N2O. The van der Waals surface area contributed by atoms with Gasteiger partial charge in [0.05, 0.1) is 6.04 Å². The summed E-state index contributed by atoms with van der Waals surface area (Å²) in [6, 6.07) is 10.1. The lowest BCUT2D eigenvalue weighted by Gasteiger charge is -2.25. The van der Waals surface area contributed by atoms with E-state index in [1.165, 1.54) is 0 Å². The molecule has 0 bridgehead atoms. The molecular weight excluding hydrogens is 224 g/mol. The Balaban J connectivity index is 2.79. The van der Waals surface area contributed by atoms with E-state index in [0.29, 0.717) is 12.5 Å². The Morgan fingerprint density at radius 1 is 1.28 bits per heavy atom. The lowest BCUT2D eigenvalue weighted by molar-refractivity contribution is -0.125. The van der Waals surface area contributed by atoms with Crippen LogP contribution in [0.1, 0.15) is 38.8 Å². The van der Waals surface area contributed by atoms with Gasteiger partial charge in [0.25, 0.3) is 0 Å². The van der Waals surface area contributed by atoms with Crippen molar-refractivity contribution in [1.29, 1.82) is 0 Å². The van der Waals surface area contributed by atoms with E-state index in [9.17, 15) is 4.79 Å². The fourth-order valence-corrected chi connectivity index (χ4v) is 2.03. The summed E-state index contributed by atoms with van der Waals surface area (Å²) in [5, 5.41) is 3.12. The van der Waals surface area contributed by atoms with Gasteiger partial charge in [0.2, 0.25) is 5.91 Å². The quantitative estimate of drug-likeness (QED) is 0.812. The van der Waals surface area contributed by atoms with E-state index in [1.807, 2.05) is 37.3 Å². The van der Waals surface area contributed by atoms with E-state index >= 15 is 0 Å². The Morgan fingerprint density at radius 3 is 2.33 bits per heavy atom. The molecule has 1 amide bonds. The van der Waals surface area contributed by atoms with Crippen LogP contribution in [0.25, 0.3) is 0 Å². The molecule has 3 nitrogen and oxygen atoms in total. The monoisotopic (exact) mass is 248 g/mol. The summed E-state index contributed by atoms with van der Waals surface area (Å²) in [5.41, 5.74) is 6.76. The van der Waals surface area contributed by atoms with Gasteiger partial charge in [0.1, 0.15) is 0 Å². The molecule has 18 heavy (non-hydrogen) atoms. The van der Waals surface area contributed by atoms with Gasteiger partial charge in [0, 0.05) is 12.5 Å². The van der Waals surface area contributed by atoms with Crippen molar-refractivity contribution in [3.63, 3.8) is 0 Å². The van der Waals surface area contributed by atoms with Gasteiger partial charge in [-0.1, -0.05) is 51.1 Å². The number of nitrogens with two attached hydrogens (primary N) is 1. The molecule has 1 rings (SSSR count). The molecule has 0 aliphatic heterocycles. The standard InChI is InChI=1S/C15H24N2O/c1-4-12(10-16)15(18)17-14(11(2)3)13-8-6-5-7-9-13/h5-9,11-12,14H,4,10,16H2,1-3H3,(H,17,18). The van der Waals surface area contributed by atoms with Gasteiger partial charge < -0.3 is 11.1 Å². The second-order valence-corrected chi connectivity index (χ2v) is 4.98. The third-order valence-electron chi connectivity index (χ3n) is 3.27. The van der Waals surface area contributed by atoms with Crippen LogP contribution in [-0.2, 0) is 4.79 Å². The highest BCUT2D eigenvalue weighted by Crippen LogP contribution is 2.21. The Bertz CT molecular complexity index is 358. The second-order valence-electron chi connectivity index (χ2n) is 4.98. The van der Waals surface area contributed by atoms with Crippen LogP contribution in [0.15, 0.2) is 30.3 Å². The smallest absolute Gasteiger partial charge is 0.224 e. The maximum atomic E-state index is 12.1. The SMILES string of the molecule is CCC(CN)C(=O)NC(c1ccccc1)C(C)C. The summed E-state index contributed by atoms with van der Waals surface area (Å²) < 4.78 is 0. The summed E-state index contributed by atoms with van der Waals surface area (Å²) >= 11 is 0. The molecule has 2 unspecified atom stereocenters. The minimum atomic E-state index is -0.0880. The van der Waals surface area contributed by atoms with Crippen LogP contribution in [0, 0.1) is 11.8 Å². The van der Waals surface area contributed by atoms with Crippen LogP contribution in [0.3, 0.4) is 0 Å². The molecule has 0 radical (unpaired) electrons. The number of hydrogen-bond donors (Lipinski definition) is 2. The Kier molecular flexibility index (Phi) is 5.86. The number of carbonyl (C=O) groups is 1. The molecule has 100 valence electrons. The Labute approximate surface area is 110 Å². The first-order chi connectivity index (χ1) is 8.60. The van der Waals surface area contributed by atoms with Crippen molar-refractivity contribution >= 4 is 5.91 Å². The van der Waals surface area contributed by atoms with Crippen molar-refractivity contribution < 1.29 is 4.79 Å². The van der Waals surface area contributed by atoms with Gasteiger partial charge in [-0.3, -0.25) is 4.79 Å². The molecule has 3 heteroatoms. The highest BCUT2D eigenvalue weighted by molar-refractivity contribution is 5.79. The average Bonchev–Trinajstić information content (AvgIpc) is 2.38. The molecule has 1 aromatic carbocycles. The van der Waals surface area contributed by atoms with Crippen LogP contribution in [0.2, 0.25) is 0 Å². The van der Waals surface area contributed by atoms with Gasteiger partial charge in [-0.15, -0.1) is 0 Å². The van der Waals surface area contributed by atoms with Crippen molar-refractivity contribution in [2.75, 3.05) is 6.54 Å². The zero-order chi connectivity index (χ0) is 13.5. The van der Waals surface area contributed by atoms with E-state index in [4.69, 9.17) is 5.73 Å². The predicted octanol–water partition coefficient (Wildman–Crippen LogP) is 2.48. The molecule has 0 saturated carbocycles. The summed E-state index contributed by atoms with van der Waals surface area (Å²) in [5.74, 6) is 0.323. The number of carbonyl (C=O) groups excluding carboxylic acids is 1. The van der Waals surface area contributed by atoms with Crippen LogP contribution < -0.4 is 11.1 Å². The highest BCUT2D eigenvalue weighted by Gasteiger charge is 2.21. The van der Waals surface area contributed by atoms with Gasteiger partial charge >= 0.3 is 0 Å². The van der Waals surface area contributed by atoms with E-state index in [-0.39, 0.29) is 17.9 Å². The van der Waals surface area contributed by atoms with Crippen LogP contribution in [0.5, 0.6) is 0 Å². The topological polar surface area (TPSA) is 55.1 Å². The molecule has 0 saturated heterocycles. The largest absolute Gasteiger partial charge is 0.349 e. The second kappa shape index (κ2) is 7.17. The maximum absolute atomic E-state index is 12.1. The van der Waals surface area contributed by atoms with E-state index in [0.717, 1.165) is 12.0 Å². The summed E-state index contributed by atoms with van der Waals surface area (Å²) in [6.45, 7) is 6.62. The van der Waals surface area contributed by atoms with Crippen molar-refractivity contribution in [3.8, 4) is 0 Å². The molecule has 0 aliphatic carbocycles. The highest BCUT2D eigenvalue weighted by atomic mass is 16.1. The number of benzene rings is 1. The fourth-order valence-electron chi connectivity index (χ4n) is 2.03. The van der Waals surface area contributed by atoms with Crippen LogP contribution in [0.4, 0.5) is 0 Å². The van der Waals surface area contributed by atoms with Crippen molar-refractivity contribution in [3.05, 3.63) is 35.9 Å². The Morgan fingerprint density at radius 2 is 1.89 bits per heavy atom. The minimum Gasteiger partial charge on any atom is -0.349 e. The van der Waals surface area contributed by atoms with Crippen LogP contribution in [-0.4, -0.2) is 12.5 Å². The van der Waals surface area contributed by atoms with Crippen LogP contribution >= 0.6 is 0 Å². The first-order valence-corrected chi connectivity index (χ1v) is 6.65. The van der Waals surface area contributed by atoms with E-state index in [2.05, 4.69) is 19.2 Å². The lowest BCUT2D eigenvalue weighted by atomic mass is 9.95. The average molecular weight is 248 g/mol. The minimum absolute atomic E-state index is 0.0549. The van der Waals surface area contributed by atoms with Gasteiger partial charge in [-0.25, -0.2) is 0 Å². The van der Waals surface area contributed by atoms with Gasteiger partial charge in [0.15, 0.2) is 0 Å². The third kappa shape index (κ3) is 3.84. The summed E-state index contributed by atoms with van der Waals surface area (Å²) in [7, 11) is 0. The summed E-state index contributed by atoms with van der Waals surface area (Å²) in [4.78, 5) is 12.1. The predicted molar refractivity (Wildman–Crippen MR) is 75.0 cm³/mol. The van der Waals surface area contributed by atoms with Crippen molar-refractivity contribution in [2.45, 2.75) is 33.2 Å². The number of hydrogen-bond acceptors (Lipinski definition) is 2. The Hall–Kier alpha value is -1.35. The molecule has 0 aliphatic rings. The summed E-state index contributed by atoms with van der Waals surface area (Å²) in [6.07, 6.45) is 0.780. The van der Waals surface area contributed by atoms with Gasteiger partial charge in [-0.2, -0.15) is 0 Å². The number of nitrogens with one attached hydrogen (secondary N) is 1. The zero-order valence-electron chi connectivity index (χ0n) is 11.5. The van der Waals surface area contributed by atoms with E-state index in [1.54, 1.807) is 0 Å². The van der Waals surface area contributed by atoms with Crippen molar-refractivity contribution in [1.82, 2.24) is 5.32 Å². The first-order valence-electron chi connectivity index (χ1n) is 6.65. The lowest BCUT2D eigenvalue weighted by Crippen LogP contribution is -2.38. The molecule has 2 atom stereocenters. The first kappa shape index (κ1) is 14.7.